The van der Waals surface area contributed by atoms with Crippen molar-refractivity contribution >= 4 is 15.7 Å². The van der Waals surface area contributed by atoms with Gasteiger partial charge in [0.05, 0.1) is 11.5 Å². The van der Waals surface area contributed by atoms with Gasteiger partial charge in [-0.2, -0.15) is 0 Å². The average molecular weight is 404 g/mol. The highest BCUT2D eigenvalue weighted by Gasteiger charge is 2.35. The van der Waals surface area contributed by atoms with Crippen LogP contribution >= 0.6 is 0 Å². The van der Waals surface area contributed by atoms with Gasteiger partial charge in [-0.15, -0.1) is 0 Å². The molecule has 0 bridgehead atoms. The first-order valence-corrected chi connectivity index (χ1v) is 11.2. The van der Waals surface area contributed by atoms with Gasteiger partial charge >= 0.3 is 0 Å². The lowest BCUT2D eigenvalue weighted by molar-refractivity contribution is 0.0679. The quantitative estimate of drug-likeness (QED) is 0.777. The molecular formula is C22H26FNO3S. The van der Waals surface area contributed by atoms with Crippen LogP contribution in [0.2, 0.25) is 0 Å². The third-order valence-corrected chi connectivity index (χ3v) is 6.96. The Morgan fingerprint density at radius 3 is 2.29 bits per heavy atom. The summed E-state index contributed by atoms with van der Waals surface area (Å²) in [5.41, 5.74) is 1.93. The number of rotatable bonds is 4. The molecule has 1 fully saturated rings. The fraction of sp³-hybridized carbons (Fsp3) is 0.409. The number of amides is 1. The van der Waals surface area contributed by atoms with Gasteiger partial charge in [0.15, 0.2) is 9.84 Å². The summed E-state index contributed by atoms with van der Waals surface area (Å²) >= 11 is 0. The summed E-state index contributed by atoms with van der Waals surface area (Å²) in [7, 11) is -3.17. The maximum atomic E-state index is 14.2. The summed E-state index contributed by atoms with van der Waals surface area (Å²) in [4.78, 5) is 14.7. The van der Waals surface area contributed by atoms with Crippen molar-refractivity contribution < 1.29 is 17.6 Å². The monoisotopic (exact) mass is 403 g/mol. The van der Waals surface area contributed by atoms with E-state index in [4.69, 9.17) is 0 Å². The molecule has 1 saturated heterocycles. The van der Waals surface area contributed by atoms with E-state index in [-0.39, 0.29) is 29.4 Å². The molecule has 1 amide bonds. The molecule has 2 aromatic rings. The number of hydrogen-bond donors (Lipinski definition) is 0. The van der Waals surface area contributed by atoms with Gasteiger partial charge in [0.25, 0.3) is 5.91 Å². The fourth-order valence-electron chi connectivity index (χ4n) is 3.48. The molecule has 0 saturated carbocycles. The minimum absolute atomic E-state index is 0.0338. The SMILES string of the molecule is CC(C)(C)c1ccc(C(=O)N(Cc2ccccc2F)C2CCS(=O)(=O)C2)cc1. The highest BCUT2D eigenvalue weighted by Crippen LogP contribution is 2.25. The Hall–Kier alpha value is -2.21. The maximum absolute atomic E-state index is 14.2. The summed E-state index contributed by atoms with van der Waals surface area (Å²) < 4.78 is 38.1. The molecule has 4 nitrogen and oxygen atoms in total. The lowest BCUT2D eigenvalue weighted by Crippen LogP contribution is -2.40. The van der Waals surface area contributed by atoms with E-state index in [9.17, 15) is 17.6 Å². The number of hydrogen-bond acceptors (Lipinski definition) is 3. The maximum Gasteiger partial charge on any atom is 0.254 e. The smallest absolute Gasteiger partial charge is 0.254 e. The number of sulfone groups is 1. The second kappa shape index (κ2) is 7.66. The van der Waals surface area contributed by atoms with Crippen LogP contribution in [-0.2, 0) is 21.8 Å². The van der Waals surface area contributed by atoms with Crippen molar-refractivity contribution in [1.82, 2.24) is 4.90 Å². The largest absolute Gasteiger partial charge is 0.330 e. The van der Waals surface area contributed by atoms with Crippen LogP contribution in [0.3, 0.4) is 0 Å². The summed E-state index contributed by atoms with van der Waals surface area (Å²) in [5.74, 6) is -0.690. The predicted octanol–water partition coefficient (Wildman–Crippen LogP) is 3.95. The van der Waals surface area contributed by atoms with E-state index in [1.54, 1.807) is 30.3 Å². The number of carbonyl (C=O) groups excluding carboxylic acids is 1. The molecule has 1 aliphatic heterocycles. The number of nitrogens with zero attached hydrogens (tertiary/aromatic N) is 1. The molecule has 1 atom stereocenters. The highest BCUT2D eigenvalue weighted by molar-refractivity contribution is 7.91. The summed E-state index contributed by atoms with van der Waals surface area (Å²) in [6.45, 7) is 6.33. The van der Waals surface area contributed by atoms with Gasteiger partial charge in [-0.3, -0.25) is 4.79 Å². The van der Waals surface area contributed by atoms with Gasteiger partial charge in [-0.05, 0) is 35.6 Å². The molecule has 0 N–H and O–H groups in total. The second-order valence-corrected chi connectivity index (χ2v) is 10.6. The Morgan fingerprint density at radius 1 is 1.11 bits per heavy atom. The Morgan fingerprint density at radius 2 is 1.75 bits per heavy atom. The zero-order chi connectivity index (χ0) is 20.5. The van der Waals surface area contributed by atoms with E-state index < -0.39 is 21.7 Å². The molecule has 1 aliphatic rings. The molecule has 6 heteroatoms. The average Bonchev–Trinajstić information content (AvgIpc) is 2.99. The van der Waals surface area contributed by atoms with E-state index in [2.05, 4.69) is 20.8 Å². The van der Waals surface area contributed by atoms with Gasteiger partial charge in [0.1, 0.15) is 5.82 Å². The molecule has 0 aromatic heterocycles. The lowest BCUT2D eigenvalue weighted by Gasteiger charge is -2.29. The minimum Gasteiger partial charge on any atom is -0.330 e. The van der Waals surface area contributed by atoms with Gasteiger partial charge in [0, 0.05) is 23.7 Å². The first kappa shape index (κ1) is 20.5. The van der Waals surface area contributed by atoms with Crippen LogP contribution in [0.5, 0.6) is 0 Å². The summed E-state index contributed by atoms with van der Waals surface area (Å²) in [6, 6.07) is 13.2. The molecule has 0 spiro atoms. The molecule has 2 aromatic carbocycles. The standard InChI is InChI=1S/C22H26FNO3S/c1-22(2,3)18-10-8-16(9-11-18)21(25)24(19-12-13-28(26,27)15-19)14-17-6-4-5-7-20(17)23/h4-11,19H,12-15H2,1-3H3. The van der Waals surface area contributed by atoms with Crippen molar-refractivity contribution in [3.05, 3.63) is 71.0 Å². The topological polar surface area (TPSA) is 54.5 Å². The third-order valence-electron chi connectivity index (χ3n) is 5.21. The Labute approximate surface area is 166 Å². The van der Waals surface area contributed by atoms with Crippen molar-refractivity contribution in [2.75, 3.05) is 11.5 Å². The summed E-state index contributed by atoms with van der Waals surface area (Å²) in [6.07, 6.45) is 0.378. The molecule has 3 rings (SSSR count). The zero-order valence-corrected chi connectivity index (χ0v) is 17.3. The normalized spacial score (nSPS) is 18.8. The zero-order valence-electron chi connectivity index (χ0n) is 16.5. The Balaban J connectivity index is 1.91. The van der Waals surface area contributed by atoms with Gasteiger partial charge in [0.2, 0.25) is 0 Å². The van der Waals surface area contributed by atoms with Crippen molar-refractivity contribution in [2.24, 2.45) is 0 Å². The Kier molecular flexibility index (Phi) is 5.62. The predicted molar refractivity (Wildman–Crippen MR) is 108 cm³/mol. The second-order valence-electron chi connectivity index (χ2n) is 8.41. The van der Waals surface area contributed by atoms with E-state index in [1.807, 2.05) is 12.1 Å². The summed E-state index contributed by atoms with van der Waals surface area (Å²) in [5, 5.41) is 0. The van der Waals surface area contributed by atoms with Crippen LogP contribution in [0, 0.1) is 5.82 Å². The molecule has 28 heavy (non-hydrogen) atoms. The molecule has 0 radical (unpaired) electrons. The number of benzene rings is 2. The first-order chi connectivity index (χ1) is 13.1. The van der Waals surface area contributed by atoms with E-state index in [0.717, 1.165) is 5.56 Å². The van der Waals surface area contributed by atoms with Crippen molar-refractivity contribution in [3.8, 4) is 0 Å². The third kappa shape index (κ3) is 4.61. The molecular weight excluding hydrogens is 377 g/mol. The fourth-order valence-corrected chi connectivity index (χ4v) is 5.21. The molecule has 1 unspecified atom stereocenters. The van der Waals surface area contributed by atoms with E-state index in [1.165, 1.54) is 11.0 Å². The van der Waals surface area contributed by atoms with Gasteiger partial charge in [-0.25, -0.2) is 12.8 Å². The molecule has 150 valence electrons. The van der Waals surface area contributed by atoms with Crippen LogP contribution in [-0.4, -0.2) is 36.8 Å². The molecule has 1 heterocycles. The Bertz CT molecular complexity index is 962. The van der Waals surface area contributed by atoms with Crippen LogP contribution in [0.1, 0.15) is 48.7 Å². The van der Waals surface area contributed by atoms with Crippen LogP contribution in [0.15, 0.2) is 48.5 Å². The van der Waals surface area contributed by atoms with Crippen molar-refractivity contribution in [1.29, 1.82) is 0 Å². The first-order valence-electron chi connectivity index (χ1n) is 9.42. The van der Waals surface area contributed by atoms with Gasteiger partial charge in [-0.1, -0.05) is 51.1 Å². The number of carbonyl (C=O) groups is 1. The van der Waals surface area contributed by atoms with E-state index >= 15 is 0 Å². The van der Waals surface area contributed by atoms with Crippen LogP contribution < -0.4 is 0 Å². The minimum atomic E-state index is -3.17. The van der Waals surface area contributed by atoms with Gasteiger partial charge < -0.3 is 4.90 Å². The van der Waals surface area contributed by atoms with Crippen molar-refractivity contribution in [3.63, 3.8) is 0 Å². The molecule has 0 aliphatic carbocycles. The van der Waals surface area contributed by atoms with Crippen LogP contribution in [0.4, 0.5) is 4.39 Å². The van der Waals surface area contributed by atoms with E-state index in [0.29, 0.717) is 17.5 Å². The van der Waals surface area contributed by atoms with Crippen LogP contribution in [0.25, 0.3) is 0 Å². The number of halogens is 1. The highest BCUT2D eigenvalue weighted by atomic mass is 32.2. The van der Waals surface area contributed by atoms with Crippen molar-refractivity contribution in [2.45, 2.75) is 45.2 Å². The lowest BCUT2D eigenvalue weighted by atomic mass is 9.86.